The molecule has 1 fully saturated rings. The molecule has 0 spiro atoms. The highest BCUT2D eigenvalue weighted by molar-refractivity contribution is 5.21. The van der Waals surface area contributed by atoms with Crippen molar-refractivity contribution < 1.29 is 0 Å². The van der Waals surface area contributed by atoms with Gasteiger partial charge in [0.05, 0.1) is 5.69 Å². The molecular formula is C17H29N3. The molecule has 1 aromatic rings. The van der Waals surface area contributed by atoms with E-state index in [4.69, 9.17) is 4.98 Å². The van der Waals surface area contributed by atoms with E-state index in [-0.39, 0.29) is 0 Å². The Balaban J connectivity index is 1.87. The quantitative estimate of drug-likeness (QED) is 0.914. The zero-order valence-electron chi connectivity index (χ0n) is 13.3. The monoisotopic (exact) mass is 275 g/mol. The van der Waals surface area contributed by atoms with Crippen molar-refractivity contribution in [2.45, 2.75) is 66.0 Å². The first-order valence-corrected chi connectivity index (χ1v) is 8.43. The summed E-state index contributed by atoms with van der Waals surface area (Å²) in [4.78, 5) is 4.96. The van der Waals surface area contributed by atoms with Crippen LogP contribution in [0.5, 0.6) is 0 Å². The van der Waals surface area contributed by atoms with Crippen LogP contribution in [0.1, 0.15) is 57.2 Å². The van der Waals surface area contributed by atoms with Gasteiger partial charge in [0.25, 0.3) is 0 Å². The Labute approximate surface area is 123 Å². The van der Waals surface area contributed by atoms with Crippen LogP contribution in [0.25, 0.3) is 0 Å². The maximum Gasteiger partial charge on any atom is 0.109 e. The normalized spacial score (nSPS) is 26.2. The molecule has 1 aliphatic carbocycles. The number of rotatable bonds is 4. The summed E-state index contributed by atoms with van der Waals surface area (Å²) in [6.07, 6.45) is 6.52. The molecule has 3 rings (SSSR count). The van der Waals surface area contributed by atoms with Crippen molar-refractivity contribution >= 4 is 0 Å². The van der Waals surface area contributed by atoms with Gasteiger partial charge in [0.15, 0.2) is 0 Å². The van der Waals surface area contributed by atoms with E-state index in [1.165, 1.54) is 43.0 Å². The van der Waals surface area contributed by atoms with Gasteiger partial charge in [-0.3, -0.25) is 0 Å². The van der Waals surface area contributed by atoms with Crippen molar-refractivity contribution in [3.8, 4) is 0 Å². The van der Waals surface area contributed by atoms with E-state index in [9.17, 15) is 0 Å². The first-order chi connectivity index (χ1) is 9.65. The van der Waals surface area contributed by atoms with Crippen molar-refractivity contribution in [1.29, 1.82) is 0 Å². The Morgan fingerprint density at radius 1 is 1.35 bits per heavy atom. The van der Waals surface area contributed by atoms with Gasteiger partial charge in [-0.2, -0.15) is 0 Å². The number of nitrogens with zero attached hydrogens (tertiary/aromatic N) is 2. The van der Waals surface area contributed by atoms with Crippen LogP contribution in [0.4, 0.5) is 0 Å². The molecule has 2 heterocycles. The second kappa shape index (κ2) is 5.88. The largest absolute Gasteiger partial charge is 0.331 e. The Hall–Kier alpha value is -0.830. The van der Waals surface area contributed by atoms with Gasteiger partial charge in [0, 0.05) is 38.2 Å². The minimum Gasteiger partial charge on any atom is -0.331 e. The van der Waals surface area contributed by atoms with Gasteiger partial charge < -0.3 is 9.88 Å². The van der Waals surface area contributed by atoms with Crippen molar-refractivity contribution in [2.75, 3.05) is 6.54 Å². The van der Waals surface area contributed by atoms with Crippen molar-refractivity contribution in [3.05, 3.63) is 17.2 Å². The summed E-state index contributed by atoms with van der Waals surface area (Å²) in [5, 5.41) is 3.46. The second-order valence-electron chi connectivity index (χ2n) is 7.23. The summed E-state index contributed by atoms with van der Waals surface area (Å²) >= 11 is 0. The predicted molar refractivity (Wildman–Crippen MR) is 82.7 cm³/mol. The molecule has 2 unspecified atom stereocenters. The van der Waals surface area contributed by atoms with E-state index in [0.29, 0.717) is 5.92 Å². The zero-order chi connectivity index (χ0) is 14.1. The minimum absolute atomic E-state index is 0.687. The molecule has 1 aliphatic heterocycles. The topological polar surface area (TPSA) is 29.9 Å². The van der Waals surface area contributed by atoms with Gasteiger partial charge in [-0.15, -0.1) is 0 Å². The molecule has 20 heavy (non-hydrogen) atoms. The average molecular weight is 275 g/mol. The number of hydrogen-bond acceptors (Lipinski definition) is 2. The average Bonchev–Trinajstić information content (AvgIpc) is 2.95. The summed E-state index contributed by atoms with van der Waals surface area (Å²) < 4.78 is 2.60. The highest BCUT2D eigenvalue weighted by Crippen LogP contribution is 2.33. The van der Waals surface area contributed by atoms with Crippen LogP contribution >= 0.6 is 0 Å². The van der Waals surface area contributed by atoms with E-state index >= 15 is 0 Å². The lowest BCUT2D eigenvalue weighted by Gasteiger charge is -2.22. The SMILES string of the molecule is CC(C)Cc1nc2c(n1CC1CCCC1C)CCNC2. The van der Waals surface area contributed by atoms with E-state index in [1.807, 2.05) is 0 Å². The maximum atomic E-state index is 4.96. The van der Waals surface area contributed by atoms with Crippen LogP contribution in [0.2, 0.25) is 0 Å². The first kappa shape index (κ1) is 14.1. The standard InChI is InChI=1S/C17H29N3/c1-12(2)9-17-19-15-10-18-8-7-16(15)20(17)11-14-6-4-5-13(14)3/h12-14,18H,4-11H2,1-3H3. The second-order valence-corrected chi connectivity index (χ2v) is 7.23. The van der Waals surface area contributed by atoms with Crippen LogP contribution in [-0.2, 0) is 25.9 Å². The lowest BCUT2D eigenvalue weighted by atomic mass is 9.97. The van der Waals surface area contributed by atoms with Gasteiger partial charge in [-0.1, -0.05) is 33.6 Å². The Bertz CT molecular complexity index is 461. The molecule has 112 valence electrons. The maximum absolute atomic E-state index is 4.96. The molecule has 0 aromatic carbocycles. The molecule has 0 amide bonds. The molecule has 0 bridgehead atoms. The summed E-state index contributed by atoms with van der Waals surface area (Å²) in [6, 6.07) is 0. The summed E-state index contributed by atoms with van der Waals surface area (Å²) in [6.45, 7) is 10.3. The zero-order valence-corrected chi connectivity index (χ0v) is 13.3. The molecule has 2 atom stereocenters. The smallest absolute Gasteiger partial charge is 0.109 e. The number of fused-ring (bicyclic) bond motifs is 1. The molecule has 0 saturated heterocycles. The van der Waals surface area contributed by atoms with Gasteiger partial charge in [0.1, 0.15) is 5.82 Å². The van der Waals surface area contributed by atoms with Crippen LogP contribution in [0.15, 0.2) is 0 Å². The fraction of sp³-hybridized carbons (Fsp3) is 0.824. The fourth-order valence-electron chi connectivity index (χ4n) is 3.89. The van der Waals surface area contributed by atoms with E-state index in [0.717, 1.165) is 37.8 Å². The van der Waals surface area contributed by atoms with E-state index in [2.05, 4.69) is 30.7 Å². The molecule has 1 saturated carbocycles. The van der Waals surface area contributed by atoms with Crippen LogP contribution in [0, 0.1) is 17.8 Å². The third-order valence-electron chi connectivity index (χ3n) is 5.11. The Kier molecular flexibility index (Phi) is 4.16. The first-order valence-electron chi connectivity index (χ1n) is 8.43. The van der Waals surface area contributed by atoms with Crippen LogP contribution < -0.4 is 5.32 Å². The number of hydrogen-bond donors (Lipinski definition) is 1. The summed E-state index contributed by atoms with van der Waals surface area (Å²) in [5.41, 5.74) is 2.84. The third-order valence-corrected chi connectivity index (χ3v) is 5.11. The lowest BCUT2D eigenvalue weighted by Crippen LogP contribution is -2.26. The number of imidazole rings is 1. The molecule has 0 radical (unpaired) electrons. The van der Waals surface area contributed by atoms with Crippen LogP contribution in [0.3, 0.4) is 0 Å². The van der Waals surface area contributed by atoms with Crippen molar-refractivity contribution in [2.24, 2.45) is 17.8 Å². The number of nitrogens with one attached hydrogen (secondary N) is 1. The summed E-state index contributed by atoms with van der Waals surface area (Å²) in [5.74, 6) is 3.79. The fourth-order valence-corrected chi connectivity index (χ4v) is 3.89. The molecular weight excluding hydrogens is 246 g/mol. The lowest BCUT2D eigenvalue weighted by molar-refractivity contribution is 0.350. The van der Waals surface area contributed by atoms with Crippen LogP contribution in [-0.4, -0.2) is 16.1 Å². The molecule has 3 heteroatoms. The van der Waals surface area contributed by atoms with Crippen molar-refractivity contribution in [3.63, 3.8) is 0 Å². The van der Waals surface area contributed by atoms with E-state index < -0.39 is 0 Å². The van der Waals surface area contributed by atoms with Crippen molar-refractivity contribution in [1.82, 2.24) is 14.9 Å². The molecule has 3 nitrogen and oxygen atoms in total. The summed E-state index contributed by atoms with van der Waals surface area (Å²) in [7, 11) is 0. The molecule has 1 aromatic heterocycles. The minimum atomic E-state index is 0.687. The van der Waals surface area contributed by atoms with E-state index in [1.54, 1.807) is 0 Å². The van der Waals surface area contributed by atoms with Gasteiger partial charge >= 0.3 is 0 Å². The number of aromatic nitrogens is 2. The van der Waals surface area contributed by atoms with Gasteiger partial charge in [-0.05, 0) is 24.2 Å². The molecule has 1 N–H and O–H groups in total. The van der Waals surface area contributed by atoms with Gasteiger partial charge in [-0.25, -0.2) is 4.98 Å². The Morgan fingerprint density at radius 2 is 2.20 bits per heavy atom. The third kappa shape index (κ3) is 2.78. The predicted octanol–water partition coefficient (Wildman–Crippen LogP) is 3.16. The highest BCUT2D eigenvalue weighted by Gasteiger charge is 2.27. The van der Waals surface area contributed by atoms with Gasteiger partial charge in [0.2, 0.25) is 0 Å². The Morgan fingerprint density at radius 3 is 2.90 bits per heavy atom. The molecule has 2 aliphatic rings. The highest BCUT2D eigenvalue weighted by atomic mass is 15.1.